The highest BCUT2D eigenvalue weighted by atomic mass is 32.1. The summed E-state index contributed by atoms with van der Waals surface area (Å²) in [5, 5.41) is 9.36. The fourth-order valence-electron chi connectivity index (χ4n) is 2.95. The third-order valence-electron chi connectivity index (χ3n) is 4.42. The van der Waals surface area contributed by atoms with Gasteiger partial charge < -0.3 is 15.4 Å². The molecule has 0 bridgehead atoms. The van der Waals surface area contributed by atoms with Crippen molar-refractivity contribution < 1.29 is 19.1 Å². The highest BCUT2D eigenvalue weighted by Gasteiger charge is 2.36. The molecule has 2 atom stereocenters. The second kappa shape index (κ2) is 10.0. The molecule has 0 aliphatic heterocycles. The Bertz CT molecular complexity index is 884. The lowest BCUT2D eigenvalue weighted by Crippen LogP contribution is -2.52. The lowest BCUT2D eigenvalue weighted by Gasteiger charge is -2.31. The van der Waals surface area contributed by atoms with Crippen LogP contribution < -0.4 is 10.6 Å². The SMILES string of the molecule is CC(C)(C)OC(=O)CC(C(=O)NC(C(=O)Nc1ccncc1)C(C)(C)C)c1ccsc1. The van der Waals surface area contributed by atoms with Crippen LogP contribution in [0.5, 0.6) is 0 Å². The molecule has 0 aliphatic carbocycles. The van der Waals surface area contributed by atoms with E-state index in [9.17, 15) is 14.4 Å². The van der Waals surface area contributed by atoms with Crippen molar-refractivity contribution in [3.8, 4) is 0 Å². The first-order chi connectivity index (χ1) is 14.4. The van der Waals surface area contributed by atoms with Crippen LogP contribution in [0, 0.1) is 5.41 Å². The molecular formula is C23H31N3O4S. The van der Waals surface area contributed by atoms with E-state index in [0.29, 0.717) is 5.69 Å². The molecule has 2 rings (SSSR count). The van der Waals surface area contributed by atoms with Gasteiger partial charge in [0.1, 0.15) is 11.6 Å². The number of rotatable bonds is 7. The maximum atomic E-state index is 13.3. The van der Waals surface area contributed by atoms with Gasteiger partial charge in [-0.15, -0.1) is 0 Å². The summed E-state index contributed by atoms with van der Waals surface area (Å²) in [5.74, 6) is -1.95. The maximum Gasteiger partial charge on any atom is 0.307 e. The number of aromatic nitrogens is 1. The first kappa shape index (κ1) is 24.5. The molecule has 2 amide bonds. The number of esters is 1. The van der Waals surface area contributed by atoms with Gasteiger partial charge in [-0.25, -0.2) is 0 Å². The van der Waals surface area contributed by atoms with Gasteiger partial charge in [-0.05, 0) is 60.7 Å². The van der Waals surface area contributed by atoms with Crippen molar-refractivity contribution in [1.82, 2.24) is 10.3 Å². The third kappa shape index (κ3) is 7.79. The van der Waals surface area contributed by atoms with Gasteiger partial charge in [0.2, 0.25) is 11.8 Å². The van der Waals surface area contributed by atoms with Crippen molar-refractivity contribution in [2.24, 2.45) is 5.41 Å². The van der Waals surface area contributed by atoms with Crippen molar-refractivity contribution in [2.45, 2.75) is 65.5 Å². The second-order valence-electron chi connectivity index (χ2n) is 9.43. The van der Waals surface area contributed by atoms with E-state index in [1.54, 1.807) is 45.3 Å². The number of nitrogens with one attached hydrogen (secondary N) is 2. The zero-order valence-electron chi connectivity index (χ0n) is 18.9. The number of ether oxygens (including phenoxy) is 1. The number of carbonyl (C=O) groups excluding carboxylic acids is 3. The smallest absolute Gasteiger partial charge is 0.307 e. The van der Waals surface area contributed by atoms with Crippen LogP contribution in [0.2, 0.25) is 0 Å². The number of amides is 2. The average Bonchev–Trinajstić information content (AvgIpc) is 3.16. The average molecular weight is 446 g/mol. The third-order valence-corrected chi connectivity index (χ3v) is 5.12. The maximum absolute atomic E-state index is 13.3. The predicted octanol–water partition coefficient (Wildman–Crippen LogP) is 4.13. The Morgan fingerprint density at radius 3 is 2.19 bits per heavy atom. The van der Waals surface area contributed by atoms with E-state index in [4.69, 9.17) is 4.74 Å². The van der Waals surface area contributed by atoms with Gasteiger partial charge in [-0.1, -0.05) is 20.8 Å². The molecule has 31 heavy (non-hydrogen) atoms. The molecule has 2 unspecified atom stereocenters. The molecule has 2 aromatic heterocycles. The van der Waals surface area contributed by atoms with Crippen LogP contribution >= 0.6 is 11.3 Å². The first-order valence-electron chi connectivity index (χ1n) is 10.1. The van der Waals surface area contributed by atoms with Crippen LogP contribution in [0.25, 0.3) is 0 Å². The molecule has 7 nitrogen and oxygen atoms in total. The van der Waals surface area contributed by atoms with E-state index < -0.39 is 34.9 Å². The molecule has 168 valence electrons. The van der Waals surface area contributed by atoms with Crippen molar-refractivity contribution in [3.05, 3.63) is 46.9 Å². The van der Waals surface area contributed by atoms with Crippen LogP contribution in [-0.4, -0.2) is 34.4 Å². The molecule has 0 radical (unpaired) electrons. The summed E-state index contributed by atoms with van der Waals surface area (Å²) >= 11 is 1.44. The number of thiophene rings is 1. The summed E-state index contributed by atoms with van der Waals surface area (Å²) in [5.41, 5.74) is 0.102. The van der Waals surface area contributed by atoms with Crippen LogP contribution in [0.4, 0.5) is 5.69 Å². The van der Waals surface area contributed by atoms with Crippen molar-refractivity contribution >= 4 is 34.8 Å². The number of pyridine rings is 1. The Morgan fingerprint density at radius 1 is 1.03 bits per heavy atom. The summed E-state index contributed by atoms with van der Waals surface area (Å²) in [6.45, 7) is 11.0. The van der Waals surface area contributed by atoms with Gasteiger partial charge in [-0.2, -0.15) is 11.3 Å². The molecule has 0 aromatic carbocycles. The summed E-state index contributed by atoms with van der Waals surface area (Å²) < 4.78 is 5.41. The second-order valence-corrected chi connectivity index (χ2v) is 10.2. The van der Waals surface area contributed by atoms with E-state index in [1.165, 1.54) is 11.3 Å². The fourth-order valence-corrected chi connectivity index (χ4v) is 3.67. The minimum atomic E-state index is -0.812. The standard InChI is InChI=1S/C23H31N3O4S/c1-22(2,3)19(21(29)25-16-7-10-24-11-8-16)26-20(28)17(15-9-12-31-14-15)13-18(27)30-23(4,5)6/h7-12,14,17,19H,13H2,1-6H3,(H,26,28)(H,24,25,29). The van der Waals surface area contributed by atoms with Gasteiger partial charge in [-0.3, -0.25) is 19.4 Å². The number of anilines is 1. The zero-order chi connectivity index (χ0) is 23.2. The normalized spacial score (nSPS) is 13.7. The van der Waals surface area contributed by atoms with E-state index >= 15 is 0 Å². The van der Waals surface area contributed by atoms with E-state index in [1.807, 2.05) is 37.6 Å². The van der Waals surface area contributed by atoms with Gasteiger partial charge >= 0.3 is 5.97 Å². The van der Waals surface area contributed by atoms with Gasteiger partial charge in [0.25, 0.3) is 0 Å². The lowest BCUT2D eigenvalue weighted by atomic mass is 9.85. The van der Waals surface area contributed by atoms with Crippen LogP contribution in [0.1, 0.15) is 59.4 Å². The van der Waals surface area contributed by atoms with E-state index in [2.05, 4.69) is 15.6 Å². The Morgan fingerprint density at radius 2 is 1.68 bits per heavy atom. The minimum absolute atomic E-state index is 0.108. The molecule has 8 heteroatoms. The highest BCUT2D eigenvalue weighted by Crippen LogP contribution is 2.27. The lowest BCUT2D eigenvalue weighted by molar-refractivity contribution is -0.156. The quantitative estimate of drug-likeness (QED) is 0.625. The molecule has 2 heterocycles. The minimum Gasteiger partial charge on any atom is -0.460 e. The molecule has 2 N–H and O–H groups in total. The van der Waals surface area contributed by atoms with Gasteiger partial charge in [0.05, 0.1) is 12.3 Å². The fraction of sp³-hybridized carbons (Fsp3) is 0.478. The van der Waals surface area contributed by atoms with Gasteiger partial charge in [0.15, 0.2) is 0 Å². The molecule has 0 spiro atoms. The summed E-state index contributed by atoms with van der Waals surface area (Å²) in [6, 6.07) is 4.35. The van der Waals surface area contributed by atoms with Crippen molar-refractivity contribution in [2.75, 3.05) is 5.32 Å². The van der Waals surface area contributed by atoms with Crippen molar-refractivity contribution in [1.29, 1.82) is 0 Å². The van der Waals surface area contributed by atoms with Gasteiger partial charge in [0, 0.05) is 18.1 Å². The molecule has 0 saturated carbocycles. The number of carbonyl (C=O) groups is 3. The first-order valence-corrected chi connectivity index (χ1v) is 11.1. The van der Waals surface area contributed by atoms with Crippen LogP contribution in [0.3, 0.4) is 0 Å². The molecule has 2 aromatic rings. The van der Waals surface area contributed by atoms with E-state index in [0.717, 1.165) is 5.56 Å². The topological polar surface area (TPSA) is 97.4 Å². The van der Waals surface area contributed by atoms with Crippen molar-refractivity contribution in [3.63, 3.8) is 0 Å². The number of nitrogens with zero attached hydrogens (tertiary/aromatic N) is 1. The number of hydrogen-bond acceptors (Lipinski definition) is 6. The summed E-state index contributed by atoms with van der Waals surface area (Å²) in [6.07, 6.45) is 3.05. The summed E-state index contributed by atoms with van der Waals surface area (Å²) in [4.78, 5) is 42.6. The molecular weight excluding hydrogens is 414 g/mol. The molecule has 0 saturated heterocycles. The molecule has 0 aliphatic rings. The Hall–Kier alpha value is -2.74. The highest BCUT2D eigenvalue weighted by molar-refractivity contribution is 7.08. The zero-order valence-corrected chi connectivity index (χ0v) is 19.7. The Balaban J connectivity index is 2.21. The Labute approximate surface area is 187 Å². The predicted molar refractivity (Wildman–Crippen MR) is 122 cm³/mol. The van der Waals surface area contributed by atoms with Crippen LogP contribution in [0.15, 0.2) is 41.4 Å². The monoisotopic (exact) mass is 445 g/mol. The Kier molecular flexibility index (Phi) is 7.95. The van der Waals surface area contributed by atoms with Crippen LogP contribution in [-0.2, 0) is 19.1 Å². The molecule has 0 fully saturated rings. The van der Waals surface area contributed by atoms with E-state index in [-0.39, 0.29) is 12.3 Å². The largest absolute Gasteiger partial charge is 0.460 e. The summed E-state index contributed by atoms with van der Waals surface area (Å²) in [7, 11) is 0. The number of hydrogen-bond donors (Lipinski definition) is 2.